The van der Waals surface area contributed by atoms with Crippen LogP contribution >= 0.6 is 27.3 Å². The molecule has 0 saturated carbocycles. The SMILES string of the molecule is CC1(C(=O)Cc2cc(Br)cs2)CCNCC1. The molecule has 0 aliphatic carbocycles. The molecule has 2 rings (SSSR count). The predicted octanol–water partition coefficient (Wildman–Crippen LogP) is 3.01. The van der Waals surface area contributed by atoms with Crippen LogP contribution in [0, 0.1) is 5.41 Å². The number of ketones is 1. The summed E-state index contributed by atoms with van der Waals surface area (Å²) in [7, 11) is 0. The van der Waals surface area contributed by atoms with Gasteiger partial charge in [-0.1, -0.05) is 6.92 Å². The molecule has 1 aromatic heterocycles. The smallest absolute Gasteiger partial charge is 0.144 e. The van der Waals surface area contributed by atoms with Gasteiger partial charge in [0.05, 0.1) is 0 Å². The first-order valence-corrected chi connectivity index (χ1v) is 7.24. The molecule has 0 amide bonds. The van der Waals surface area contributed by atoms with Crippen molar-refractivity contribution in [1.82, 2.24) is 5.32 Å². The molecule has 1 aliphatic rings. The molecule has 1 fully saturated rings. The number of nitrogens with one attached hydrogen (secondary N) is 1. The van der Waals surface area contributed by atoms with Crippen molar-refractivity contribution in [3.63, 3.8) is 0 Å². The Bertz CT molecular complexity index is 382. The molecule has 88 valence electrons. The van der Waals surface area contributed by atoms with Crippen LogP contribution in [0.2, 0.25) is 0 Å². The lowest BCUT2D eigenvalue weighted by molar-refractivity contribution is -0.128. The highest BCUT2D eigenvalue weighted by Crippen LogP contribution is 2.31. The van der Waals surface area contributed by atoms with E-state index in [9.17, 15) is 4.79 Å². The van der Waals surface area contributed by atoms with E-state index in [2.05, 4.69) is 28.2 Å². The number of thiophene rings is 1. The molecule has 2 heterocycles. The largest absolute Gasteiger partial charge is 0.317 e. The van der Waals surface area contributed by atoms with Crippen LogP contribution in [0.25, 0.3) is 0 Å². The molecule has 0 spiro atoms. The summed E-state index contributed by atoms with van der Waals surface area (Å²) in [6.45, 7) is 4.05. The second-order valence-corrected chi connectivity index (χ2v) is 6.55. The maximum absolute atomic E-state index is 12.3. The van der Waals surface area contributed by atoms with Crippen molar-refractivity contribution in [1.29, 1.82) is 0 Å². The van der Waals surface area contributed by atoms with Gasteiger partial charge in [-0.25, -0.2) is 0 Å². The number of carbonyl (C=O) groups is 1. The van der Waals surface area contributed by atoms with E-state index in [4.69, 9.17) is 0 Å². The van der Waals surface area contributed by atoms with Gasteiger partial charge in [-0.3, -0.25) is 4.79 Å². The molecule has 0 bridgehead atoms. The van der Waals surface area contributed by atoms with E-state index < -0.39 is 0 Å². The van der Waals surface area contributed by atoms with Crippen molar-refractivity contribution < 1.29 is 4.79 Å². The Labute approximate surface area is 109 Å². The van der Waals surface area contributed by atoms with Crippen LogP contribution in [-0.2, 0) is 11.2 Å². The number of carbonyl (C=O) groups excluding carboxylic acids is 1. The Kier molecular flexibility index (Phi) is 3.82. The van der Waals surface area contributed by atoms with Crippen LogP contribution in [0.15, 0.2) is 15.9 Å². The molecule has 16 heavy (non-hydrogen) atoms. The van der Waals surface area contributed by atoms with Crippen LogP contribution < -0.4 is 5.32 Å². The van der Waals surface area contributed by atoms with Gasteiger partial charge < -0.3 is 5.32 Å². The summed E-state index contributed by atoms with van der Waals surface area (Å²) in [4.78, 5) is 13.4. The van der Waals surface area contributed by atoms with Gasteiger partial charge in [-0.05, 0) is 47.9 Å². The zero-order chi connectivity index (χ0) is 11.6. The van der Waals surface area contributed by atoms with Crippen molar-refractivity contribution >= 4 is 33.0 Å². The van der Waals surface area contributed by atoms with Gasteiger partial charge >= 0.3 is 0 Å². The van der Waals surface area contributed by atoms with Crippen LogP contribution in [0.5, 0.6) is 0 Å². The molecule has 1 aromatic rings. The number of piperidine rings is 1. The zero-order valence-electron chi connectivity index (χ0n) is 9.38. The molecular formula is C12H16BrNOS. The van der Waals surface area contributed by atoms with E-state index in [1.165, 1.54) is 0 Å². The fourth-order valence-electron chi connectivity index (χ4n) is 2.08. The van der Waals surface area contributed by atoms with E-state index >= 15 is 0 Å². The van der Waals surface area contributed by atoms with Crippen molar-refractivity contribution in [3.8, 4) is 0 Å². The topological polar surface area (TPSA) is 29.1 Å². The Morgan fingerprint density at radius 2 is 2.25 bits per heavy atom. The Balaban J connectivity index is 2.01. The second-order valence-electron chi connectivity index (χ2n) is 4.64. The number of rotatable bonds is 3. The van der Waals surface area contributed by atoms with E-state index in [1.807, 2.05) is 11.4 Å². The second kappa shape index (κ2) is 4.98. The standard InChI is InChI=1S/C12H16BrNOS/c1-12(2-4-14-5-3-12)11(15)7-10-6-9(13)8-16-10/h6,8,14H,2-5,7H2,1H3. The predicted molar refractivity (Wildman–Crippen MR) is 70.9 cm³/mol. The van der Waals surface area contributed by atoms with E-state index in [0.717, 1.165) is 35.3 Å². The van der Waals surface area contributed by atoms with Gasteiger partial charge in [-0.15, -0.1) is 11.3 Å². The quantitative estimate of drug-likeness (QED) is 0.930. The normalized spacial score (nSPS) is 19.6. The lowest BCUT2D eigenvalue weighted by Crippen LogP contribution is -2.40. The van der Waals surface area contributed by atoms with Crippen molar-refractivity contribution in [2.45, 2.75) is 26.2 Å². The highest BCUT2D eigenvalue weighted by Gasteiger charge is 2.34. The zero-order valence-corrected chi connectivity index (χ0v) is 11.8. The van der Waals surface area contributed by atoms with E-state index in [1.54, 1.807) is 11.3 Å². The summed E-state index contributed by atoms with van der Waals surface area (Å²) < 4.78 is 1.08. The van der Waals surface area contributed by atoms with Gasteiger partial charge in [0.2, 0.25) is 0 Å². The molecule has 1 N–H and O–H groups in total. The molecule has 0 atom stereocenters. The fourth-order valence-corrected chi connectivity index (χ4v) is 3.53. The van der Waals surface area contributed by atoms with Crippen molar-refractivity contribution in [2.75, 3.05) is 13.1 Å². The Morgan fingerprint density at radius 3 is 2.81 bits per heavy atom. The van der Waals surface area contributed by atoms with Crippen LogP contribution in [0.4, 0.5) is 0 Å². The van der Waals surface area contributed by atoms with Gasteiger partial charge in [0, 0.05) is 26.6 Å². The molecule has 2 nitrogen and oxygen atoms in total. The first-order valence-electron chi connectivity index (χ1n) is 5.57. The van der Waals surface area contributed by atoms with Gasteiger partial charge in [-0.2, -0.15) is 0 Å². The van der Waals surface area contributed by atoms with Crippen molar-refractivity contribution in [3.05, 3.63) is 20.8 Å². The minimum absolute atomic E-state index is 0.109. The number of halogens is 1. The average molecular weight is 302 g/mol. The van der Waals surface area contributed by atoms with E-state index in [0.29, 0.717) is 12.2 Å². The first kappa shape index (κ1) is 12.3. The molecular weight excluding hydrogens is 286 g/mol. The van der Waals surface area contributed by atoms with Crippen molar-refractivity contribution in [2.24, 2.45) is 5.41 Å². The average Bonchev–Trinajstić information content (AvgIpc) is 2.65. The first-order chi connectivity index (χ1) is 7.60. The maximum Gasteiger partial charge on any atom is 0.144 e. The number of hydrogen-bond acceptors (Lipinski definition) is 3. The third kappa shape index (κ3) is 2.73. The Hall–Kier alpha value is -0.190. The third-order valence-electron chi connectivity index (χ3n) is 3.34. The monoisotopic (exact) mass is 301 g/mol. The van der Waals surface area contributed by atoms with Crippen LogP contribution in [0.1, 0.15) is 24.6 Å². The number of Topliss-reactive ketones (excluding diaryl/α,β-unsaturated/α-hetero) is 1. The maximum atomic E-state index is 12.3. The molecule has 1 aliphatic heterocycles. The fraction of sp³-hybridized carbons (Fsp3) is 0.583. The lowest BCUT2D eigenvalue weighted by atomic mass is 9.76. The third-order valence-corrected chi connectivity index (χ3v) is 5.03. The summed E-state index contributed by atoms with van der Waals surface area (Å²) >= 11 is 5.08. The summed E-state index contributed by atoms with van der Waals surface area (Å²) in [5, 5.41) is 5.34. The highest BCUT2D eigenvalue weighted by atomic mass is 79.9. The molecule has 4 heteroatoms. The minimum atomic E-state index is -0.109. The summed E-state index contributed by atoms with van der Waals surface area (Å²) in [6.07, 6.45) is 2.53. The van der Waals surface area contributed by atoms with Crippen LogP contribution in [0.3, 0.4) is 0 Å². The molecule has 0 radical (unpaired) electrons. The van der Waals surface area contributed by atoms with E-state index in [-0.39, 0.29) is 5.41 Å². The lowest BCUT2D eigenvalue weighted by Gasteiger charge is -2.32. The molecule has 0 unspecified atom stereocenters. The number of hydrogen-bond donors (Lipinski definition) is 1. The summed E-state index contributed by atoms with van der Waals surface area (Å²) in [5.74, 6) is 0.392. The molecule has 0 aromatic carbocycles. The summed E-state index contributed by atoms with van der Waals surface area (Å²) in [6, 6.07) is 2.05. The minimum Gasteiger partial charge on any atom is -0.317 e. The van der Waals surface area contributed by atoms with Gasteiger partial charge in [0.15, 0.2) is 0 Å². The molecule has 1 saturated heterocycles. The Morgan fingerprint density at radius 1 is 1.56 bits per heavy atom. The summed E-state index contributed by atoms with van der Waals surface area (Å²) in [5.41, 5.74) is -0.109. The highest BCUT2D eigenvalue weighted by molar-refractivity contribution is 9.10. The van der Waals surface area contributed by atoms with Gasteiger partial charge in [0.25, 0.3) is 0 Å². The van der Waals surface area contributed by atoms with Crippen LogP contribution in [-0.4, -0.2) is 18.9 Å². The van der Waals surface area contributed by atoms with Gasteiger partial charge in [0.1, 0.15) is 5.78 Å².